The maximum atomic E-state index is 4.92. The van der Waals surface area contributed by atoms with E-state index >= 15 is 0 Å². The van der Waals surface area contributed by atoms with Crippen molar-refractivity contribution in [2.75, 3.05) is 0 Å². The molecule has 1 heterocycles. The van der Waals surface area contributed by atoms with Crippen LogP contribution in [0, 0.1) is 45.3 Å². The molecule has 2 heteroatoms. The van der Waals surface area contributed by atoms with Gasteiger partial charge < -0.3 is 0 Å². The average Bonchev–Trinajstić information content (AvgIpc) is 2.95. The van der Waals surface area contributed by atoms with Gasteiger partial charge in [0.25, 0.3) is 0 Å². The Bertz CT molecular complexity index is 584. The third-order valence-corrected chi connectivity index (χ3v) is 9.89. The molecular weight excluding hydrogens is 268 g/mol. The summed E-state index contributed by atoms with van der Waals surface area (Å²) < 4.78 is 0. The maximum absolute atomic E-state index is 4.92. The summed E-state index contributed by atoms with van der Waals surface area (Å²) in [4.78, 5) is 0. The summed E-state index contributed by atoms with van der Waals surface area (Å²) in [5.74, 6) is 3.05. The van der Waals surface area contributed by atoms with Crippen LogP contribution in [0.1, 0.15) is 67.2 Å². The van der Waals surface area contributed by atoms with Gasteiger partial charge in [0.2, 0.25) is 0 Å². The molecule has 1 aliphatic heterocycles. The zero-order valence-electron chi connectivity index (χ0n) is 15.0. The van der Waals surface area contributed by atoms with Gasteiger partial charge in [0.15, 0.2) is 0 Å². The van der Waals surface area contributed by atoms with Crippen LogP contribution < -0.4 is 0 Å². The van der Waals surface area contributed by atoms with E-state index in [4.69, 9.17) is 10.2 Å². The van der Waals surface area contributed by atoms with Crippen LogP contribution in [-0.4, -0.2) is 11.4 Å². The first-order valence-corrected chi connectivity index (χ1v) is 9.33. The molecule has 0 unspecified atom stereocenters. The minimum Gasteiger partial charge on any atom is -0.159 e. The van der Waals surface area contributed by atoms with Crippen molar-refractivity contribution in [3.05, 3.63) is 0 Å². The Kier molecular flexibility index (Phi) is 2.12. The van der Waals surface area contributed by atoms with E-state index < -0.39 is 0 Å². The molecule has 0 spiro atoms. The van der Waals surface area contributed by atoms with Crippen molar-refractivity contribution in [3.8, 4) is 0 Å². The fraction of sp³-hybridized carbons (Fsp3) is 0.900. The molecule has 0 aromatic heterocycles. The summed E-state index contributed by atoms with van der Waals surface area (Å²) in [6, 6.07) is 0. The Morgan fingerprint density at radius 1 is 0.682 bits per heavy atom. The number of rotatable bonds is 0. The van der Waals surface area contributed by atoms with Crippen LogP contribution in [0.2, 0.25) is 0 Å². The zero-order chi connectivity index (χ0) is 15.7. The average molecular weight is 298 g/mol. The molecule has 0 saturated heterocycles. The molecule has 120 valence electrons. The molecule has 4 bridgehead atoms. The molecule has 0 aromatic carbocycles. The monoisotopic (exact) mass is 298 g/mol. The van der Waals surface area contributed by atoms with Gasteiger partial charge in [0.05, 0.1) is 11.4 Å². The van der Waals surface area contributed by atoms with Gasteiger partial charge in [0.1, 0.15) is 0 Å². The minimum absolute atomic E-state index is 0.296. The van der Waals surface area contributed by atoms with Crippen molar-refractivity contribution < 1.29 is 0 Å². The van der Waals surface area contributed by atoms with Crippen molar-refractivity contribution in [1.82, 2.24) is 0 Å². The van der Waals surface area contributed by atoms with Gasteiger partial charge in [-0.3, -0.25) is 0 Å². The van der Waals surface area contributed by atoms with Gasteiger partial charge in [-0.2, -0.15) is 10.2 Å². The Hall–Kier alpha value is -0.660. The van der Waals surface area contributed by atoms with E-state index in [0.717, 1.165) is 11.8 Å². The summed E-state index contributed by atoms with van der Waals surface area (Å²) in [6.45, 7) is 15.0. The molecule has 0 amide bonds. The Labute approximate surface area is 134 Å². The molecule has 22 heavy (non-hydrogen) atoms. The lowest BCUT2D eigenvalue weighted by molar-refractivity contribution is 0.135. The number of hydrogen-bond donors (Lipinski definition) is 0. The van der Waals surface area contributed by atoms with Crippen LogP contribution in [0.3, 0.4) is 0 Å². The van der Waals surface area contributed by atoms with Crippen molar-refractivity contribution in [2.45, 2.75) is 67.2 Å². The molecular formula is C20H30N2. The molecule has 0 radical (unpaired) electrons. The van der Waals surface area contributed by atoms with Crippen LogP contribution in [0.25, 0.3) is 0 Å². The Morgan fingerprint density at radius 2 is 1.05 bits per heavy atom. The molecule has 6 atom stereocenters. The first-order valence-electron chi connectivity index (χ1n) is 9.33. The molecule has 4 fully saturated rings. The molecule has 5 aliphatic rings. The smallest absolute Gasteiger partial charge is 0.0510 e. The lowest BCUT2D eigenvalue weighted by Crippen LogP contribution is -2.43. The van der Waals surface area contributed by atoms with Crippen LogP contribution >= 0.6 is 0 Å². The van der Waals surface area contributed by atoms with Crippen LogP contribution in [-0.2, 0) is 0 Å². The lowest BCUT2D eigenvalue weighted by Gasteiger charge is -2.40. The maximum Gasteiger partial charge on any atom is 0.0510 e. The van der Waals surface area contributed by atoms with Crippen molar-refractivity contribution in [3.63, 3.8) is 0 Å². The molecule has 4 aliphatic carbocycles. The third-order valence-electron chi connectivity index (χ3n) is 9.89. The van der Waals surface area contributed by atoms with Gasteiger partial charge in [-0.15, -0.1) is 0 Å². The van der Waals surface area contributed by atoms with E-state index in [1.165, 1.54) is 37.1 Å². The quantitative estimate of drug-likeness (QED) is 0.605. The second-order valence-electron chi connectivity index (χ2n) is 10.4. The van der Waals surface area contributed by atoms with E-state index in [9.17, 15) is 0 Å². The summed E-state index contributed by atoms with van der Waals surface area (Å²) in [5, 5.41) is 9.84. The van der Waals surface area contributed by atoms with E-state index in [1.54, 1.807) is 0 Å². The normalized spacial score (nSPS) is 55.7. The predicted molar refractivity (Wildman–Crippen MR) is 91.1 cm³/mol. The molecule has 5 rings (SSSR count). The minimum atomic E-state index is 0.296. The summed E-state index contributed by atoms with van der Waals surface area (Å²) in [5.41, 5.74) is 4.35. The van der Waals surface area contributed by atoms with Crippen molar-refractivity contribution in [1.29, 1.82) is 0 Å². The van der Waals surface area contributed by atoms with Gasteiger partial charge in [0, 0.05) is 22.7 Å². The highest BCUT2D eigenvalue weighted by molar-refractivity contribution is 6.07. The predicted octanol–water partition coefficient (Wildman–Crippen LogP) is 4.94. The van der Waals surface area contributed by atoms with E-state index in [-0.39, 0.29) is 0 Å². The van der Waals surface area contributed by atoms with Crippen LogP contribution in [0.5, 0.6) is 0 Å². The van der Waals surface area contributed by atoms with Gasteiger partial charge in [-0.05, 0) is 48.3 Å². The summed E-state index contributed by atoms with van der Waals surface area (Å²) in [7, 11) is 0. The molecule has 2 nitrogen and oxygen atoms in total. The van der Waals surface area contributed by atoms with E-state index in [2.05, 4.69) is 41.5 Å². The van der Waals surface area contributed by atoms with Crippen molar-refractivity contribution >= 4 is 11.4 Å². The lowest BCUT2D eigenvalue weighted by atomic mass is 9.66. The molecule has 4 saturated carbocycles. The number of fused-ring (bicyclic) bond motifs is 11. The highest BCUT2D eigenvalue weighted by Crippen LogP contribution is 2.74. The third kappa shape index (κ3) is 1.06. The van der Waals surface area contributed by atoms with Crippen molar-refractivity contribution in [2.24, 2.45) is 55.5 Å². The first kappa shape index (κ1) is 13.7. The Morgan fingerprint density at radius 3 is 1.41 bits per heavy atom. The van der Waals surface area contributed by atoms with Crippen LogP contribution in [0.4, 0.5) is 0 Å². The standard InChI is InChI=1S/C20H30N2/c1-17(2)11-7-9-19(17,5)15-13(11)14-12-8-10-20(6,18(12,3)4)16(14)22-21-15/h11-14H,7-10H2,1-6H3/t11-,12-,13+,14+,19+,20+/m1/s1. The second kappa shape index (κ2) is 3.39. The topological polar surface area (TPSA) is 24.7 Å². The van der Waals surface area contributed by atoms with Crippen LogP contribution in [0.15, 0.2) is 10.2 Å². The summed E-state index contributed by atoms with van der Waals surface area (Å²) >= 11 is 0. The molecule has 0 aromatic rings. The summed E-state index contributed by atoms with van der Waals surface area (Å²) in [6.07, 6.45) is 5.45. The van der Waals surface area contributed by atoms with E-state index in [1.807, 2.05) is 0 Å². The van der Waals surface area contributed by atoms with Gasteiger partial charge >= 0.3 is 0 Å². The second-order valence-corrected chi connectivity index (χ2v) is 10.4. The van der Waals surface area contributed by atoms with E-state index in [0.29, 0.717) is 33.5 Å². The fourth-order valence-electron chi connectivity index (χ4n) is 7.67. The Balaban J connectivity index is 1.70. The highest BCUT2D eigenvalue weighted by Gasteiger charge is 2.73. The largest absolute Gasteiger partial charge is 0.159 e. The van der Waals surface area contributed by atoms with Gasteiger partial charge in [-0.1, -0.05) is 41.5 Å². The number of hydrogen-bond acceptors (Lipinski definition) is 2. The zero-order valence-corrected chi connectivity index (χ0v) is 15.0. The molecule has 0 N–H and O–H groups in total. The SMILES string of the molecule is CC1(C)[C@@H]2CC[C@@]1(C)C1=NN=C3[C@H]([C@@H]12)[C@H]1CC[C@]3(C)C1(C)C. The highest BCUT2D eigenvalue weighted by atomic mass is 15.3. The first-order chi connectivity index (χ1) is 10.2. The number of nitrogens with zero attached hydrogens (tertiary/aromatic N) is 2. The fourth-order valence-corrected chi connectivity index (χ4v) is 7.67. The van der Waals surface area contributed by atoms with Gasteiger partial charge in [-0.25, -0.2) is 0 Å².